The average Bonchev–Trinajstić information content (AvgIpc) is 3.25. The molecule has 0 amide bonds. The van der Waals surface area contributed by atoms with Gasteiger partial charge >= 0.3 is 5.97 Å². The molecule has 6 heteroatoms. The summed E-state index contributed by atoms with van der Waals surface area (Å²) in [7, 11) is -3.50. The molecule has 0 N–H and O–H groups in total. The second kappa shape index (κ2) is 7.70. The van der Waals surface area contributed by atoms with Crippen LogP contribution in [0.15, 0.2) is 65.6 Å². The fourth-order valence-electron chi connectivity index (χ4n) is 8.01. The summed E-state index contributed by atoms with van der Waals surface area (Å²) in [5.41, 5.74) is 2.22. The van der Waals surface area contributed by atoms with Crippen molar-refractivity contribution in [1.82, 2.24) is 0 Å². The van der Waals surface area contributed by atoms with Gasteiger partial charge in [-0.3, -0.25) is 4.79 Å². The molecular weight excluding hydrogens is 460 g/mol. The molecule has 4 aliphatic carbocycles. The normalized spacial score (nSPS) is 34.6. The Kier molecular flexibility index (Phi) is 5.02. The van der Waals surface area contributed by atoms with Crippen molar-refractivity contribution in [2.75, 3.05) is 5.94 Å². The number of hydrogen-bond donors (Lipinski definition) is 0. The molecule has 0 heterocycles. The molecule has 4 aliphatic rings. The smallest absolute Gasteiger partial charge is 0.303 e. The van der Waals surface area contributed by atoms with E-state index in [-0.39, 0.29) is 27.6 Å². The third-order valence-electron chi connectivity index (χ3n) is 9.67. The molecule has 2 fully saturated rings. The minimum atomic E-state index is -3.50. The monoisotopic (exact) mass is 492 g/mol. The minimum Gasteiger partial charge on any atom is -0.477 e. The first-order chi connectivity index (χ1) is 16.7. The lowest BCUT2D eigenvalue weighted by molar-refractivity contribution is -0.168. The SMILES string of the molecule is CC(=O)O[C@]12C=C[C@]3(CC1)[C@@H]1CCc4cc(OCS(=O)(=O)c5ccccc5)ccc4[C@H]1CC[C@]23C. The third-order valence-corrected chi connectivity index (χ3v) is 11.1. The van der Waals surface area contributed by atoms with E-state index in [0.717, 1.165) is 38.5 Å². The largest absolute Gasteiger partial charge is 0.477 e. The molecule has 184 valence electrons. The van der Waals surface area contributed by atoms with E-state index in [1.54, 1.807) is 30.3 Å². The summed E-state index contributed by atoms with van der Waals surface area (Å²) in [6.45, 7) is 3.87. The van der Waals surface area contributed by atoms with E-state index in [9.17, 15) is 13.2 Å². The molecule has 2 aromatic carbocycles. The van der Waals surface area contributed by atoms with E-state index in [1.165, 1.54) is 18.1 Å². The van der Waals surface area contributed by atoms with Crippen LogP contribution >= 0.6 is 0 Å². The summed E-state index contributed by atoms with van der Waals surface area (Å²) < 4.78 is 37.0. The van der Waals surface area contributed by atoms with E-state index in [2.05, 4.69) is 25.1 Å². The summed E-state index contributed by atoms with van der Waals surface area (Å²) >= 11 is 0. The van der Waals surface area contributed by atoms with Gasteiger partial charge in [0.25, 0.3) is 0 Å². The maximum Gasteiger partial charge on any atom is 0.303 e. The first-order valence-electron chi connectivity index (χ1n) is 12.6. The molecule has 0 saturated heterocycles. The zero-order chi connectivity index (χ0) is 24.5. The Labute approximate surface area is 207 Å². The molecule has 0 spiro atoms. The first-order valence-corrected chi connectivity index (χ1v) is 14.3. The van der Waals surface area contributed by atoms with Crippen LogP contribution in [-0.4, -0.2) is 25.9 Å². The molecule has 6 rings (SSSR count). The minimum absolute atomic E-state index is 0.0425. The highest BCUT2D eigenvalue weighted by atomic mass is 32.2. The molecule has 5 nitrogen and oxygen atoms in total. The highest BCUT2D eigenvalue weighted by Gasteiger charge is 2.73. The van der Waals surface area contributed by atoms with Crippen molar-refractivity contribution in [3.8, 4) is 5.75 Å². The second-order valence-corrected chi connectivity index (χ2v) is 13.0. The topological polar surface area (TPSA) is 69.7 Å². The molecular formula is C29H32O5S. The van der Waals surface area contributed by atoms with Gasteiger partial charge in [0.05, 0.1) is 4.90 Å². The van der Waals surface area contributed by atoms with Gasteiger partial charge in [-0.1, -0.05) is 37.3 Å². The van der Waals surface area contributed by atoms with Gasteiger partial charge in [-0.15, -0.1) is 0 Å². The van der Waals surface area contributed by atoms with E-state index in [1.807, 2.05) is 12.1 Å². The summed E-state index contributed by atoms with van der Waals surface area (Å²) in [6, 6.07) is 14.6. The van der Waals surface area contributed by atoms with Gasteiger partial charge in [0.15, 0.2) is 5.94 Å². The van der Waals surface area contributed by atoms with Gasteiger partial charge in [0.1, 0.15) is 11.4 Å². The highest BCUT2D eigenvalue weighted by Crippen LogP contribution is 2.75. The molecule has 0 aliphatic heterocycles. The summed E-state index contributed by atoms with van der Waals surface area (Å²) in [5.74, 6) is 1.04. The number of fused-ring (bicyclic) bond motifs is 3. The Balaban J connectivity index is 1.24. The van der Waals surface area contributed by atoms with Crippen LogP contribution in [-0.2, 0) is 25.8 Å². The van der Waals surface area contributed by atoms with Gasteiger partial charge in [-0.2, -0.15) is 0 Å². The number of esters is 1. The highest BCUT2D eigenvalue weighted by molar-refractivity contribution is 7.91. The second-order valence-electron chi connectivity index (χ2n) is 11.0. The lowest BCUT2D eigenvalue weighted by atomic mass is 9.48. The Morgan fingerprint density at radius 2 is 1.83 bits per heavy atom. The third kappa shape index (κ3) is 3.18. The van der Waals surface area contributed by atoms with Crippen molar-refractivity contribution in [2.24, 2.45) is 16.7 Å². The fourth-order valence-corrected chi connectivity index (χ4v) is 9.01. The Bertz CT molecular complexity index is 1320. The van der Waals surface area contributed by atoms with E-state index >= 15 is 0 Å². The van der Waals surface area contributed by atoms with Crippen LogP contribution in [0, 0.1) is 16.7 Å². The number of rotatable bonds is 5. The summed E-state index contributed by atoms with van der Waals surface area (Å²) in [4.78, 5) is 12.2. The Morgan fingerprint density at radius 3 is 2.54 bits per heavy atom. The Hall–Kier alpha value is -2.60. The van der Waals surface area contributed by atoms with Crippen molar-refractivity contribution in [2.45, 2.75) is 68.8 Å². The van der Waals surface area contributed by atoms with Crippen LogP contribution < -0.4 is 4.74 Å². The first kappa shape index (κ1) is 22.8. The maximum absolute atomic E-state index is 12.6. The lowest BCUT2D eigenvalue weighted by Crippen LogP contribution is -2.53. The lowest BCUT2D eigenvalue weighted by Gasteiger charge is -2.56. The number of aryl methyl sites for hydroxylation is 1. The standard InChI is InChI=1S/C29H32O5S/c1-20(30)34-29-16-14-28(15-17-29)26-11-8-21-18-22(9-10-24(21)25(26)12-13-27(28,29)2)33-19-35(31,32)23-6-4-3-5-7-23/h3-7,9-10,14,16,18,25-26H,8,11-13,15,17,19H2,1-2H3/t25-,26-,27+,28+,29-/m1/s1. The number of carbonyl (C=O) groups is 1. The van der Waals surface area contributed by atoms with Crippen molar-refractivity contribution in [3.63, 3.8) is 0 Å². The quantitative estimate of drug-likeness (QED) is 0.402. The Morgan fingerprint density at radius 1 is 1.03 bits per heavy atom. The number of hydrogen-bond acceptors (Lipinski definition) is 5. The molecule has 5 atom stereocenters. The van der Waals surface area contributed by atoms with Gasteiger partial charge in [-0.25, -0.2) is 8.42 Å². The van der Waals surface area contributed by atoms with Crippen molar-refractivity contribution >= 4 is 15.8 Å². The molecule has 2 bridgehead atoms. The van der Waals surface area contributed by atoms with E-state index in [0.29, 0.717) is 17.6 Å². The van der Waals surface area contributed by atoms with Crippen LogP contribution in [0.5, 0.6) is 5.75 Å². The number of sulfone groups is 1. The predicted octanol–water partition coefficient (Wildman–Crippen LogP) is 5.59. The van der Waals surface area contributed by atoms with Gasteiger partial charge in [0.2, 0.25) is 9.84 Å². The molecule has 0 radical (unpaired) electrons. The van der Waals surface area contributed by atoms with Gasteiger partial charge in [0, 0.05) is 17.8 Å². The molecule has 0 unspecified atom stereocenters. The molecule has 0 aromatic heterocycles. The van der Waals surface area contributed by atoms with Crippen LogP contribution in [0.25, 0.3) is 0 Å². The van der Waals surface area contributed by atoms with Crippen LogP contribution in [0.1, 0.15) is 63.0 Å². The van der Waals surface area contributed by atoms with Crippen molar-refractivity contribution in [1.29, 1.82) is 0 Å². The van der Waals surface area contributed by atoms with Crippen LogP contribution in [0.3, 0.4) is 0 Å². The maximum atomic E-state index is 12.6. The summed E-state index contributed by atoms with van der Waals surface area (Å²) in [6.07, 6.45) is 10.7. The molecule has 2 aromatic rings. The van der Waals surface area contributed by atoms with Crippen molar-refractivity contribution < 1.29 is 22.7 Å². The predicted molar refractivity (Wildman–Crippen MR) is 133 cm³/mol. The van der Waals surface area contributed by atoms with Gasteiger partial charge in [-0.05, 0) is 91.8 Å². The van der Waals surface area contributed by atoms with Crippen LogP contribution in [0.2, 0.25) is 0 Å². The summed E-state index contributed by atoms with van der Waals surface area (Å²) in [5, 5.41) is 0. The number of ether oxygens (including phenoxy) is 2. The van der Waals surface area contributed by atoms with Crippen LogP contribution in [0.4, 0.5) is 0 Å². The van der Waals surface area contributed by atoms with Crippen molar-refractivity contribution in [3.05, 3.63) is 71.8 Å². The number of carbonyl (C=O) groups excluding carboxylic acids is 1. The molecule has 2 saturated carbocycles. The molecule has 35 heavy (non-hydrogen) atoms. The van der Waals surface area contributed by atoms with E-state index in [4.69, 9.17) is 9.47 Å². The average molecular weight is 493 g/mol. The number of allylic oxidation sites excluding steroid dienone is 1. The number of benzene rings is 2. The van der Waals surface area contributed by atoms with E-state index < -0.39 is 15.4 Å². The zero-order valence-corrected chi connectivity index (χ0v) is 21.1. The van der Waals surface area contributed by atoms with Gasteiger partial charge < -0.3 is 9.47 Å². The fraction of sp³-hybridized carbons (Fsp3) is 0.483. The zero-order valence-electron chi connectivity index (χ0n) is 20.3.